The van der Waals surface area contributed by atoms with Crippen LogP contribution in [-0.2, 0) is 4.74 Å². The van der Waals surface area contributed by atoms with Gasteiger partial charge in [-0.1, -0.05) is 11.6 Å². The fourth-order valence-electron chi connectivity index (χ4n) is 1.53. The molecule has 0 aliphatic carbocycles. The molecule has 82 valence electrons. The molecule has 1 fully saturated rings. The molecule has 0 aromatic rings. The summed E-state index contributed by atoms with van der Waals surface area (Å²) in [5.74, 6) is 0. The SMILES string of the molecule is CC(C)=CCN1CCOC(C(C)N)C1. The fraction of sp³-hybridized carbons (Fsp3) is 0.818. The van der Waals surface area contributed by atoms with Crippen LogP contribution < -0.4 is 5.73 Å². The summed E-state index contributed by atoms with van der Waals surface area (Å²) < 4.78 is 5.59. The number of nitrogens with two attached hydrogens (primary N) is 1. The van der Waals surface area contributed by atoms with E-state index in [4.69, 9.17) is 10.5 Å². The highest BCUT2D eigenvalue weighted by Gasteiger charge is 2.22. The number of rotatable bonds is 3. The summed E-state index contributed by atoms with van der Waals surface area (Å²) in [6.45, 7) is 10.1. The fourth-order valence-corrected chi connectivity index (χ4v) is 1.53. The first-order valence-electron chi connectivity index (χ1n) is 5.32. The average Bonchev–Trinajstić information content (AvgIpc) is 2.15. The van der Waals surface area contributed by atoms with Crippen LogP contribution in [0.15, 0.2) is 11.6 Å². The maximum absolute atomic E-state index is 5.82. The molecular formula is C11H22N2O. The van der Waals surface area contributed by atoms with Crippen molar-refractivity contribution in [2.24, 2.45) is 5.73 Å². The molecule has 1 aliphatic rings. The van der Waals surface area contributed by atoms with Crippen molar-refractivity contribution in [2.75, 3.05) is 26.2 Å². The molecule has 1 aliphatic heterocycles. The molecule has 1 rings (SSSR count). The highest BCUT2D eigenvalue weighted by Crippen LogP contribution is 2.07. The Bertz CT molecular complexity index is 197. The summed E-state index contributed by atoms with van der Waals surface area (Å²) in [4.78, 5) is 2.39. The first-order valence-corrected chi connectivity index (χ1v) is 5.32. The molecule has 0 amide bonds. The van der Waals surface area contributed by atoms with Gasteiger partial charge in [-0.3, -0.25) is 4.90 Å². The second kappa shape index (κ2) is 5.49. The molecule has 3 nitrogen and oxygen atoms in total. The van der Waals surface area contributed by atoms with Crippen LogP contribution in [0.3, 0.4) is 0 Å². The topological polar surface area (TPSA) is 38.5 Å². The second-order valence-electron chi connectivity index (χ2n) is 4.31. The lowest BCUT2D eigenvalue weighted by Crippen LogP contribution is -2.49. The molecule has 0 spiro atoms. The van der Waals surface area contributed by atoms with Crippen LogP contribution in [0.5, 0.6) is 0 Å². The van der Waals surface area contributed by atoms with Gasteiger partial charge in [-0.2, -0.15) is 0 Å². The molecule has 1 heterocycles. The average molecular weight is 198 g/mol. The number of ether oxygens (including phenoxy) is 1. The van der Waals surface area contributed by atoms with E-state index < -0.39 is 0 Å². The largest absolute Gasteiger partial charge is 0.374 e. The molecule has 2 unspecified atom stereocenters. The lowest BCUT2D eigenvalue weighted by atomic mass is 10.1. The summed E-state index contributed by atoms with van der Waals surface area (Å²) in [6, 6.07) is 0.129. The van der Waals surface area contributed by atoms with E-state index in [9.17, 15) is 0 Å². The lowest BCUT2D eigenvalue weighted by Gasteiger charge is -2.34. The van der Waals surface area contributed by atoms with Crippen molar-refractivity contribution in [2.45, 2.75) is 32.9 Å². The van der Waals surface area contributed by atoms with E-state index in [1.54, 1.807) is 0 Å². The zero-order valence-electron chi connectivity index (χ0n) is 9.49. The van der Waals surface area contributed by atoms with Gasteiger partial charge in [0.2, 0.25) is 0 Å². The van der Waals surface area contributed by atoms with Crippen molar-refractivity contribution in [3.05, 3.63) is 11.6 Å². The van der Waals surface area contributed by atoms with E-state index >= 15 is 0 Å². The Morgan fingerprint density at radius 1 is 1.64 bits per heavy atom. The molecule has 1 saturated heterocycles. The molecule has 0 bridgehead atoms. The third kappa shape index (κ3) is 3.78. The van der Waals surface area contributed by atoms with Gasteiger partial charge >= 0.3 is 0 Å². The van der Waals surface area contributed by atoms with Gasteiger partial charge in [0.1, 0.15) is 0 Å². The van der Waals surface area contributed by atoms with Gasteiger partial charge in [0.05, 0.1) is 12.7 Å². The summed E-state index contributed by atoms with van der Waals surface area (Å²) in [5.41, 5.74) is 7.19. The smallest absolute Gasteiger partial charge is 0.0850 e. The number of hydrogen-bond donors (Lipinski definition) is 1. The van der Waals surface area contributed by atoms with Gasteiger partial charge in [0.15, 0.2) is 0 Å². The Hall–Kier alpha value is -0.380. The Morgan fingerprint density at radius 3 is 2.93 bits per heavy atom. The zero-order valence-corrected chi connectivity index (χ0v) is 9.49. The van der Waals surface area contributed by atoms with E-state index in [1.165, 1.54) is 5.57 Å². The van der Waals surface area contributed by atoms with Gasteiger partial charge in [0, 0.05) is 25.7 Å². The quantitative estimate of drug-likeness (QED) is 0.688. The number of hydrogen-bond acceptors (Lipinski definition) is 3. The molecule has 3 heteroatoms. The van der Waals surface area contributed by atoms with Gasteiger partial charge in [0.25, 0.3) is 0 Å². The maximum Gasteiger partial charge on any atom is 0.0850 e. The monoisotopic (exact) mass is 198 g/mol. The Labute approximate surface area is 86.9 Å². The van der Waals surface area contributed by atoms with Crippen LogP contribution in [0.2, 0.25) is 0 Å². The maximum atomic E-state index is 5.82. The number of nitrogens with zero attached hydrogens (tertiary/aromatic N) is 1. The Balaban J connectivity index is 2.36. The zero-order chi connectivity index (χ0) is 10.6. The van der Waals surface area contributed by atoms with Crippen molar-refractivity contribution < 1.29 is 4.74 Å². The Morgan fingerprint density at radius 2 is 2.36 bits per heavy atom. The van der Waals surface area contributed by atoms with Crippen molar-refractivity contribution in [3.8, 4) is 0 Å². The predicted molar refractivity (Wildman–Crippen MR) is 59.3 cm³/mol. The van der Waals surface area contributed by atoms with Crippen LogP contribution in [0, 0.1) is 0 Å². The molecule has 2 atom stereocenters. The van der Waals surface area contributed by atoms with Crippen molar-refractivity contribution >= 4 is 0 Å². The predicted octanol–water partition coefficient (Wildman–Crippen LogP) is 1.00. The molecule has 2 N–H and O–H groups in total. The second-order valence-corrected chi connectivity index (χ2v) is 4.31. The van der Waals surface area contributed by atoms with E-state index in [0.29, 0.717) is 0 Å². The molecule has 0 aromatic carbocycles. The summed E-state index contributed by atoms with van der Waals surface area (Å²) >= 11 is 0. The highest BCUT2D eigenvalue weighted by molar-refractivity contribution is 4.95. The molecular weight excluding hydrogens is 176 g/mol. The van der Waals surface area contributed by atoms with Gasteiger partial charge < -0.3 is 10.5 Å². The van der Waals surface area contributed by atoms with Crippen LogP contribution >= 0.6 is 0 Å². The lowest BCUT2D eigenvalue weighted by molar-refractivity contribution is -0.0339. The van der Waals surface area contributed by atoms with E-state index in [2.05, 4.69) is 24.8 Å². The van der Waals surface area contributed by atoms with Crippen molar-refractivity contribution in [1.82, 2.24) is 4.90 Å². The van der Waals surface area contributed by atoms with Crippen LogP contribution in [-0.4, -0.2) is 43.3 Å². The van der Waals surface area contributed by atoms with Crippen LogP contribution in [0.1, 0.15) is 20.8 Å². The van der Waals surface area contributed by atoms with Gasteiger partial charge in [-0.25, -0.2) is 0 Å². The van der Waals surface area contributed by atoms with Gasteiger partial charge in [-0.15, -0.1) is 0 Å². The molecule has 0 aromatic heterocycles. The van der Waals surface area contributed by atoms with E-state index in [1.807, 2.05) is 6.92 Å². The van der Waals surface area contributed by atoms with E-state index in [-0.39, 0.29) is 12.1 Å². The number of morpholine rings is 1. The van der Waals surface area contributed by atoms with Crippen LogP contribution in [0.4, 0.5) is 0 Å². The van der Waals surface area contributed by atoms with E-state index in [0.717, 1.165) is 26.2 Å². The molecule has 0 saturated carbocycles. The third-order valence-electron chi connectivity index (χ3n) is 2.52. The minimum atomic E-state index is 0.129. The minimum absolute atomic E-state index is 0.129. The highest BCUT2D eigenvalue weighted by atomic mass is 16.5. The molecule has 14 heavy (non-hydrogen) atoms. The van der Waals surface area contributed by atoms with Gasteiger partial charge in [-0.05, 0) is 20.8 Å². The van der Waals surface area contributed by atoms with Crippen molar-refractivity contribution in [1.29, 1.82) is 0 Å². The Kier molecular flexibility index (Phi) is 4.58. The molecule has 0 radical (unpaired) electrons. The summed E-state index contributed by atoms with van der Waals surface area (Å²) in [7, 11) is 0. The first kappa shape index (κ1) is 11.7. The standard InChI is InChI=1S/C11H22N2O/c1-9(2)4-5-13-6-7-14-11(8-13)10(3)12/h4,10-11H,5-8,12H2,1-3H3. The number of allylic oxidation sites excluding steroid dienone is 1. The normalized spacial score (nSPS) is 25.9. The summed E-state index contributed by atoms with van der Waals surface area (Å²) in [6.07, 6.45) is 2.46. The first-order chi connectivity index (χ1) is 6.59. The van der Waals surface area contributed by atoms with Crippen LogP contribution in [0.25, 0.3) is 0 Å². The van der Waals surface area contributed by atoms with Crippen molar-refractivity contribution in [3.63, 3.8) is 0 Å². The summed E-state index contributed by atoms with van der Waals surface area (Å²) in [5, 5.41) is 0. The third-order valence-corrected chi connectivity index (χ3v) is 2.52. The minimum Gasteiger partial charge on any atom is -0.374 e.